The van der Waals surface area contributed by atoms with Gasteiger partial charge in [0.1, 0.15) is 11.9 Å². The molecule has 1 saturated carbocycles. The molecule has 1 atom stereocenters. The van der Waals surface area contributed by atoms with Gasteiger partial charge in [0.2, 0.25) is 11.8 Å². The molecule has 0 bridgehead atoms. The summed E-state index contributed by atoms with van der Waals surface area (Å²) in [5, 5.41) is 5.68. The fraction of sp³-hybridized carbons (Fsp3) is 0.333. The maximum Gasteiger partial charge on any atom is 0.287 e. The second-order valence-corrected chi connectivity index (χ2v) is 8.83. The Hall–Kier alpha value is -4.01. The zero-order valence-corrected chi connectivity index (χ0v) is 19.9. The number of carbonyl (C=O) groups is 3. The van der Waals surface area contributed by atoms with E-state index in [1.165, 1.54) is 29.4 Å². The van der Waals surface area contributed by atoms with E-state index in [1.807, 2.05) is 0 Å². The predicted molar refractivity (Wildman–Crippen MR) is 130 cm³/mol. The van der Waals surface area contributed by atoms with E-state index in [1.54, 1.807) is 42.7 Å². The first-order chi connectivity index (χ1) is 17.5. The van der Waals surface area contributed by atoms with Crippen molar-refractivity contribution in [2.24, 2.45) is 0 Å². The summed E-state index contributed by atoms with van der Waals surface area (Å²) in [5.74, 6) is -1.64. The first-order valence-corrected chi connectivity index (χ1v) is 12.1. The predicted octanol–water partition coefficient (Wildman–Crippen LogP) is 3.76. The van der Waals surface area contributed by atoms with Crippen LogP contribution < -0.4 is 10.6 Å². The summed E-state index contributed by atoms with van der Waals surface area (Å²) in [6, 6.07) is 11.3. The average Bonchev–Trinajstić information content (AvgIpc) is 3.44. The third-order valence-corrected chi connectivity index (χ3v) is 6.27. The molecule has 2 heterocycles. The van der Waals surface area contributed by atoms with E-state index in [0.717, 1.165) is 32.1 Å². The molecule has 1 aliphatic carbocycles. The van der Waals surface area contributed by atoms with Crippen LogP contribution in [0.3, 0.4) is 0 Å². The number of rotatable bonds is 9. The van der Waals surface area contributed by atoms with Gasteiger partial charge in [-0.15, -0.1) is 0 Å². The second-order valence-electron chi connectivity index (χ2n) is 8.83. The number of furan rings is 1. The lowest BCUT2D eigenvalue weighted by Gasteiger charge is -2.33. The van der Waals surface area contributed by atoms with Gasteiger partial charge < -0.3 is 20.0 Å². The smallest absolute Gasteiger partial charge is 0.287 e. The Balaban J connectivity index is 1.61. The summed E-state index contributed by atoms with van der Waals surface area (Å²) < 4.78 is 18.6. The lowest BCUT2D eigenvalue weighted by atomic mass is 9.94. The summed E-state index contributed by atoms with van der Waals surface area (Å²) in [7, 11) is 0. The van der Waals surface area contributed by atoms with E-state index in [4.69, 9.17) is 4.42 Å². The Labute approximate surface area is 208 Å². The Morgan fingerprint density at radius 2 is 1.75 bits per heavy atom. The summed E-state index contributed by atoms with van der Waals surface area (Å²) >= 11 is 0. The average molecular weight is 493 g/mol. The van der Waals surface area contributed by atoms with Crippen LogP contribution >= 0.6 is 0 Å². The number of aromatic nitrogens is 1. The van der Waals surface area contributed by atoms with Crippen molar-refractivity contribution in [3.8, 4) is 0 Å². The molecule has 1 aromatic carbocycles. The van der Waals surface area contributed by atoms with Crippen molar-refractivity contribution in [3.05, 3.63) is 89.9 Å². The van der Waals surface area contributed by atoms with Crippen molar-refractivity contribution in [2.75, 3.05) is 6.54 Å². The van der Waals surface area contributed by atoms with Crippen molar-refractivity contribution < 1.29 is 23.2 Å². The monoisotopic (exact) mass is 492 g/mol. The van der Waals surface area contributed by atoms with Crippen molar-refractivity contribution >= 4 is 17.7 Å². The third kappa shape index (κ3) is 6.56. The van der Waals surface area contributed by atoms with Gasteiger partial charge in [-0.25, -0.2) is 4.39 Å². The molecule has 1 aliphatic rings. The molecule has 0 spiro atoms. The maximum absolute atomic E-state index is 13.6. The van der Waals surface area contributed by atoms with Crippen molar-refractivity contribution in [1.82, 2.24) is 20.5 Å². The number of carbonyl (C=O) groups excluding carboxylic acids is 3. The van der Waals surface area contributed by atoms with E-state index >= 15 is 0 Å². The molecule has 0 aliphatic heterocycles. The highest BCUT2D eigenvalue weighted by Crippen LogP contribution is 2.25. The number of benzene rings is 1. The third-order valence-electron chi connectivity index (χ3n) is 6.27. The summed E-state index contributed by atoms with van der Waals surface area (Å²) in [4.78, 5) is 45.0. The fourth-order valence-corrected chi connectivity index (χ4v) is 4.41. The van der Waals surface area contributed by atoms with E-state index in [-0.39, 0.29) is 30.8 Å². The van der Waals surface area contributed by atoms with Crippen molar-refractivity contribution in [3.63, 3.8) is 0 Å². The van der Waals surface area contributed by atoms with Gasteiger partial charge in [0.15, 0.2) is 5.76 Å². The van der Waals surface area contributed by atoms with Crippen LogP contribution in [0.1, 0.15) is 59.8 Å². The van der Waals surface area contributed by atoms with E-state index < -0.39 is 23.7 Å². The van der Waals surface area contributed by atoms with Crippen molar-refractivity contribution in [1.29, 1.82) is 0 Å². The van der Waals surface area contributed by atoms with Crippen LogP contribution in [0.5, 0.6) is 0 Å². The van der Waals surface area contributed by atoms with E-state index in [0.29, 0.717) is 11.1 Å². The van der Waals surface area contributed by atoms with Crippen LogP contribution in [0.25, 0.3) is 0 Å². The Bertz CT molecular complexity index is 1150. The Kier molecular flexibility index (Phi) is 8.44. The van der Waals surface area contributed by atoms with E-state index in [2.05, 4.69) is 15.6 Å². The molecule has 2 aromatic heterocycles. The largest absolute Gasteiger partial charge is 0.459 e. The van der Waals surface area contributed by atoms with Gasteiger partial charge in [0, 0.05) is 25.0 Å². The zero-order valence-electron chi connectivity index (χ0n) is 19.9. The van der Waals surface area contributed by atoms with E-state index in [9.17, 15) is 18.8 Å². The SMILES string of the molecule is O=C(NCC(=O)N(Cc1ccc(F)cc1)[C@H](C(=O)NC1CCCCC1)c1ccncc1)c1ccco1. The topological polar surface area (TPSA) is 105 Å². The highest BCUT2D eigenvalue weighted by Gasteiger charge is 2.33. The first-order valence-electron chi connectivity index (χ1n) is 12.1. The molecule has 8 nitrogen and oxygen atoms in total. The van der Waals surface area contributed by atoms with Crippen LogP contribution in [-0.4, -0.2) is 40.2 Å². The van der Waals surface area contributed by atoms with Crippen LogP contribution in [0.15, 0.2) is 71.6 Å². The standard InChI is InChI=1S/C27H29FN4O4/c28-21-10-8-19(9-11-21)18-32(24(33)17-30-26(34)23-7-4-16-36-23)25(20-12-14-29-15-13-20)27(35)31-22-5-2-1-3-6-22/h4,7-16,22,25H,1-3,5-6,17-18H2,(H,30,34)(H,31,35)/t25-/m0/s1. The minimum Gasteiger partial charge on any atom is -0.459 e. The molecular formula is C27H29FN4O4. The number of nitrogens with one attached hydrogen (secondary N) is 2. The molecule has 0 saturated heterocycles. The highest BCUT2D eigenvalue weighted by atomic mass is 19.1. The summed E-state index contributed by atoms with van der Waals surface area (Å²) in [6.07, 6.45) is 9.51. The fourth-order valence-electron chi connectivity index (χ4n) is 4.41. The molecule has 4 rings (SSSR count). The quantitative estimate of drug-likeness (QED) is 0.473. The van der Waals surface area contributed by atoms with Gasteiger partial charge in [-0.3, -0.25) is 19.4 Å². The number of nitrogens with zero attached hydrogens (tertiary/aromatic N) is 2. The zero-order chi connectivity index (χ0) is 25.3. The van der Waals surface area contributed by atoms with Crippen molar-refractivity contribution in [2.45, 2.75) is 50.7 Å². The molecule has 3 amide bonds. The summed E-state index contributed by atoms with van der Waals surface area (Å²) in [5.41, 5.74) is 1.23. The van der Waals surface area contributed by atoms with Crippen LogP contribution in [0.4, 0.5) is 4.39 Å². The first kappa shape index (κ1) is 25.1. The minimum atomic E-state index is -0.965. The molecule has 36 heavy (non-hydrogen) atoms. The number of amides is 3. The lowest BCUT2D eigenvalue weighted by Crippen LogP contribution is -2.49. The maximum atomic E-state index is 13.6. The Morgan fingerprint density at radius 3 is 2.42 bits per heavy atom. The van der Waals surface area contributed by atoms with Crippen LogP contribution in [0, 0.1) is 5.82 Å². The molecule has 9 heteroatoms. The van der Waals surface area contributed by atoms with Gasteiger partial charge in [-0.2, -0.15) is 0 Å². The highest BCUT2D eigenvalue weighted by molar-refractivity contribution is 5.95. The van der Waals surface area contributed by atoms with Gasteiger partial charge in [-0.05, 0) is 60.4 Å². The Morgan fingerprint density at radius 1 is 1.03 bits per heavy atom. The molecule has 2 N–H and O–H groups in total. The van der Waals surface area contributed by atoms with Crippen LogP contribution in [-0.2, 0) is 16.1 Å². The van der Waals surface area contributed by atoms with Gasteiger partial charge in [-0.1, -0.05) is 31.4 Å². The lowest BCUT2D eigenvalue weighted by molar-refractivity contribution is -0.141. The molecular weight excluding hydrogens is 463 g/mol. The number of hydrogen-bond donors (Lipinski definition) is 2. The molecule has 188 valence electrons. The normalized spacial score (nSPS) is 14.6. The number of halogens is 1. The van der Waals surface area contributed by atoms with Crippen LogP contribution in [0.2, 0.25) is 0 Å². The number of pyridine rings is 1. The van der Waals surface area contributed by atoms with Gasteiger partial charge >= 0.3 is 0 Å². The molecule has 0 unspecified atom stereocenters. The minimum absolute atomic E-state index is 0.0389. The van der Waals surface area contributed by atoms with Gasteiger partial charge in [0.05, 0.1) is 12.8 Å². The molecule has 1 fully saturated rings. The molecule has 3 aromatic rings. The molecule has 0 radical (unpaired) electrons. The van der Waals surface area contributed by atoms with Gasteiger partial charge in [0.25, 0.3) is 5.91 Å². The second kappa shape index (κ2) is 12.1. The number of hydrogen-bond acceptors (Lipinski definition) is 5. The summed E-state index contributed by atoms with van der Waals surface area (Å²) in [6.45, 7) is -0.306.